The van der Waals surface area contributed by atoms with E-state index in [1.807, 2.05) is 43.3 Å². The highest BCUT2D eigenvalue weighted by Gasteiger charge is 2.72. The highest BCUT2D eigenvalue weighted by molar-refractivity contribution is 9.10. The van der Waals surface area contributed by atoms with E-state index < -0.39 is 21.1 Å². The van der Waals surface area contributed by atoms with Crippen LogP contribution in [0.4, 0.5) is 0 Å². The van der Waals surface area contributed by atoms with Gasteiger partial charge in [-0.15, -0.1) is 11.8 Å². The van der Waals surface area contributed by atoms with Crippen LogP contribution >= 0.6 is 27.7 Å². The maximum atomic E-state index is 13.2. The molecule has 4 rings (SSSR count). The fourth-order valence-electron chi connectivity index (χ4n) is 3.93. The fraction of sp³-hybridized carbons (Fsp3) is 0.381. The number of pyridine rings is 1. The average Bonchev–Trinajstić information content (AvgIpc) is 3.04. The molecule has 29 heavy (non-hydrogen) atoms. The number of hydrogen-bond donors (Lipinski definition) is 1. The van der Waals surface area contributed by atoms with Gasteiger partial charge in [-0.3, -0.25) is 9.78 Å². The van der Waals surface area contributed by atoms with Gasteiger partial charge in [0.25, 0.3) is 0 Å². The molecule has 1 N–H and O–H groups in total. The number of rotatable bonds is 6. The largest absolute Gasteiger partial charge is 0.459 e. The number of β-lactam (4-membered cyclic amide) rings is 1. The van der Waals surface area contributed by atoms with Crippen LogP contribution in [-0.4, -0.2) is 49.6 Å². The van der Waals surface area contributed by atoms with E-state index in [1.54, 1.807) is 23.2 Å². The number of nitrogens with zero attached hydrogens (tertiary/aromatic N) is 2. The second-order valence-electron chi connectivity index (χ2n) is 7.39. The first-order valence-electron chi connectivity index (χ1n) is 9.34. The highest BCUT2D eigenvalue weighted by Crippen LogP contribution is 2.62. The highest BCUT2D eigenvalue weighted by atomic mass is 79.9. The molecule has 2 saturated heterocycles. The monoisotopic (exact) mass is 476 g/mol. The fourth-order valence-corrected chi connectivity index (χ4v) is 6.65. The summed E-state index contributed by atoms with van der Waals surface area (Å²) < 4.78 is 3.93. The van der Waals surface area contributed by atoms with Gasteiger partial charge >= 0.3 is 5.97 Å². The summed E-state index contributed by atoms with van der Waals surface area (Å²) in [5, 5.41) is 9.30. The van der Waals surface area contributed by atoms with Crippen molar-refractivity contribution in [3.8, 4) is 0 Å². The second kappa shape index (κ2) is 7.74. The van der Waals surface area contributed by atoms with Crippen molar-refractivity contribution in [2.45, 2.75) is 40.4 Å². The number of aliphatic hydroxyl groups is 1. The first-order chi connectivity index (χ1) is 13.9. The predicted molar refractivity (Wildman–Crippen MR) is 113 cm³/mol. The van der Waals surface area contributed by atoms with Crippen LogP contribution < -0.4 is 0 Å². The number of aliphatic hydroxyl groups excluding tert-OH is 1. The number of halogens is 1. The van der Waals surface area contributed by atoms with Crippen LogP contribution in [0.15, 0.2) is 54.7 Å². The number of hydrogen-bond acceptors (Lipinski definition) is 6. The zero-order valence-corrected chi connectivity index (χ0v) is 18.2. The third-order valence-electron chi connectivity index (χ3n) is 5.47. The lowest BCUT2D eigenvalue weighted by Gasteiger charge is -2.49. The van der Waals surface area contributed by atoms with Gasteiger partial charge in [-0.2, -0.15) is 0 Å². The van der Waals surface area contributed by atoms with Crippen molar-refractivity contribution in [2.75, 3.05) is 6.61 Å². The number of esters is 1. The number of carbonyl (C=O) groups excluding carboxylic acids is 2. The number of ether oxygens (including phenoxy) is 1. The molecule has 0 saturated carbocycles. The molecule has 2 unspecified atom stereocenters. The van der Waals surface area contributed by atoms with Crippen LogP contribution in [0.2, 0.25) is 0 Å². The van der Waals surface area contributed by atoms with Gasteiger partial charge in [0.15, 0.2) is 4.32 Å². The lowest BCUT2D eigenvalue weighted by atomic mass is 9.87. The Morgan fingerprint density at radius 3 is 2.66 bits per heavy atom. The Morgan fingerprint density at radius 2 is 2.00 bits per heavy atom. The van der Waals surface area contributed by atoms with Crippen molar-refractivity contribution in [1.82, 2.24) is 9.88 Å². The summed E-state index contributed by atoms with van der Waals surface area (Å²) in [7, 11) is 0. The number of fused-ring (bicyclic) bond motifs is 1. The van der Waals surface area contributed by atoms with Crippen LogP contribution in [0.25, 0.3) is 0 Å². The first kappa shape index (κ1) is 20.4. The summed E-state index contributed by atoms with van der Waals surface area (Å²) in [5.41, 5.74) is 1.49. The van der Waals surface area contributed by atoms with Crippen LogP contribution in [0.1, 0.15) is 24.6 Å². The Bertz CT molecular complexity index is 915. The molecular weight excluding hydrogens is 456 g/mol. The minimum atomic E-state index is -0.982. The minimum absolute atomic E-state index is 0.0837. The van der Waals surface area contributed by atoms with E-state index in [1.165, 1.54) is 11.8 Å². The van der Waals surface area contributed by atoms with Crippen molar-refractivity contribution < 1.29 is 19.4 Å². The van der Waals surface area contributed by atoms with E-state index in [9.17, 15) is 14.7 Å². The number of benzene rings is 1. The van der Waals surface area contributed by atoms with E-state index in [0.717, 1.165) is 5.56 Å². The molecule has 6 nitrogen and oxygen atoms in total. The molecule has 2 aliphatic heterocycles. The maximum absolute atomic E-state index is 13.2. The molecule has 1 aromatic carbocycles. The lowest BCUT2D eigenvalue weighted by molar-refractivity contribution is -0.165. The van der Waals surface area contributed by atoms with E-state index >= 15 is 0 Å². The Hall–Kier alpha value is -1.90. The molecular formula is C21H21BrN2O4S. The zero-order valence-electron chi connectivity index (χ0n) is 15.8. The molecule has 152 valence electrons. The molecule has 0 radical (unpaired) electrons. The molecule has 4 atom stereocenters. The van der Waals surface area contributed by atoms with Crippen molar-refractivity contribution >= 4 is 39.6 Å². The van der Waals surface area contributed by atoms with Gasteiger partial charge in [-0.05, 0) is 31.0 Å². The summed E-state index contributed by atoms with van der Waals surface area (Å²) in [6, 6.07) is 14.1. The summed E-state index contributed by atoms with van der Waals surface area (Å²) in [6.07, 6.45) is 2.01. The second-order valence-corrected chi connectivity index (χ2v) is 10.3. The van der Waals surface area contributed by atoms with Crippen LogP contribution in [-0.2, 0) is 25.3 Å². The lowest BCUT2D eigenvalue weighted by Crippen LogP contribution is -2.69. The Kier molecular flexibility index (Phi) is 5.44. The van der Waals surface area contributed by atoms with Gasteiger partial charge in [-0.25, -0.2) is 4.79 Å². The van der Waals surface area contributed by atoms with Crippen molar-refractivity contribution in [1.29, 1.82) is 0 Å². The smallest absolute Gasteiger partial charge is 0.330 e. The number of amides is 1. The zero-order chi connectivity index (χ0) is 20.6. The van der Waals surface area contributed by atoms with Crippen LogP contribution in [0, 0.1) is 0 Å². The van der Waals surface area contributed by atoms with Gasteiger partial charge in [0.05, 0.1) is 5.69 Å². The summed E-state index contributed by atoms with van der Waals surface area (Å²) in [5.74, 6) is -0.666. The van der Waals surface area contributed by atoms with Gasteiger partial charge in [0.2, 0.25) is 5.91 Å². The van der Waals surface area contributed by atoms with Gasteiger partial charge in [0, 0.05) is 17.6 Å². The Morgan fingerprint density at radius 1 is 1.28 bits per heavy atom. The molecule has 1 aromatic heterocycles. The van der Waals surface area contributed by atoms with Crippen molar-refractivity contribution in [3.63, 3.8) is 0 Å². The van der Waals surface area contributed by atoms with Gasteiger partial charge < -0.3 is 14.7 Å². The van der Waals surface area contributed by atoms with E-state index in [-0.39, 0.29) is 24.5 Å². The number of carbonyl (C=O) groups is 2. The van der Waals surface area contributed by atoms with Gasteiger partial charge in [-0.1, -0.05) is 52.3 Å². The van der Waals surface area contributed by atoms with Crippen LogP contribution in [0.5, 0.6) is 0 Å². The molecule has 2 aromatic rings. The third-order valence-corrected chi connectivity index (χ3v) is 8.72. The van der Waals surface area contributed by atoms with Crippen LogP contribution in [0.3, 0.4) is 0 Å². The molecule has 3 heterocycles. The Labute approximate surface area is 181 Å². The number of thioether (sulfide) groups is 1. The van der Waals surface area contributed by atoms with Crippen molar-refractivity contribution in [2.24, 2.45) is 0 Å². The van der Waals surface area contributed by atoms with Gasteiger partial charge in [0.1, 0.15) is 18.0 Å². The molecule has 1 amide bonds. The number of alkyl halides is 1. The standard InChI is InChI=1S/C21H21BrN2O4S/c1-20(10-12-25)16(17(26)28-13-14-7-3-2-4-8-14)24-18(27)21(22,19(24)29-20)15-9-5-6-11-23-15/h2-9,11,16,19,25H,10,12-13H2,1H3/t16-,19+,20?,21?/m0/s1. The predicted octanol–water partition coefficient (Wildman–Crippen LogP) is 2.84. The molecule has 0 spiro atoms. The minimum Gasteiger partial charge on any atom is -0.459 e. The topological polar surface area (TPSA) is 79.7 Å². The first-order valence-corrected chi connectivity index (χ1v) is 11.0. The summed E-state index contributed by atoms with van der Waals surface area (Å²) in [6.45, 7) is 1.96. The quantitative estimate of drug-likeness (QED) is 0.392. The molecule has 0 aliphatic carbocycles. The summed E-state index contributed by atoms with van der Waals surface area (Å²) in [4.78, 5) is 32.2. The van der Waals surface area contributed by atoms with E-state index in [0.29, 0.717) is 12.1 Å². The summed E-state index contributed by atoms with van der Waals surface area (Å²) >= 11 is 5.12. The number of aromatic nitrogens is 1. The van der Waals surface area contributed by atoms with Crippen molar-refractivity contribution in [3.05, 3.63) is 66.0 Å². The molecule has 0 bridgehead atoms. The molecule has 2 fully saturated rings. The molecule has 8 heteroatoms. The normalized spacial score (nSPS) is 30.6. The SMILES string of the molecule is CC1(CCO)S[C@H]2N(C(=O)C2(Br)c2ccccn2)[C@H]1C(=O)OCc1ccccc1. The maximum Gasteiger partial charge on any atom is 0.330 e. The average molecular weight is 477 g/mol. The van der Waals surface area contributed by atoms with E-state index in [4.69, 9.17) is 4.74 Å². The Balaban J connectivity index is 1.60. The molecule has 2 aliphatic rings. The third kappa shape index (κ3) is 3.27. The van der Waals surface area contributed by atoms with E-state index in [2.05, 4.69) is 20.9 Å².